The number of para-hydroxylation sites is 1. The lowest BCUT2D eigenvalue weighted by molar-refractivity contribution is -0.132. The summed E-state index contributed by atoms with van der Waals surface area (Å²) in [6.45, 7) is 3.05. The Bertz CT molecular complexity index is 773. The minimum Gasteiger partial charge on any atom is -0.497 e. The molecule has 1 heterocycles. The molecule has 1 unspecified atom stereocenters. The molecule has 1 aliphatic rings. The van der Waals surface area contributed by atoms with Crippen molar-refractivity contribution in [2.45, 2.75) is 25.3 Å². The highest BCUT2D eigenvalue weighted by Gasteiger charge is 2.31. The van der Waals surface area contributed by atoms with Gasteiger partial charge in [0.05, 0.1) is 20.8 Å². The molecule has 0 aromatic heterocycles. The van der Waals surface area contributed by atoms with Crippen molar-refractivity contribution < 1.29 is 19.0 Å². The molecule has 3 rings (SSSR count). The van der Waals surface area contributed by atoms with Crippen LogP contribution in [0.1, 0.15) is 29.8 Å². The van der Waals surface area contributed by atoms with Gasteiger partial charge in [-0.3, -0.25) is 4.79 Å². The molecule has 2 aromatic rings. The van der Waals surface area contributed by atoms with Crippen molar-refractivity contribution in [3.05, 3.63) is 53.6 Å². The number of thioether (sulfide) groups is 1. The average Bonchev–Trinajstić information content (AvgIpc) is 2.70. The normalized spacial score (nSPS) is 16.9. The Morgan fingerprint density at radius 3 is 2.48 bits per heavy atom. The van der Waals surface area contributed by atoms with Crippen LogP contribution in [0.3, 0.4) is 0 Å². The van der Waals surface area contributed by atoms with Crippen molar-refractivity contribution in [1.82, 2.24) is 4.90 Å². The van der Waals surface area contributed by atoms with Crippen molar-refractivity contribution in [1.29, 1.82) is 0 Å². The molecule has 1 fully saturated rings. The molecule has 27 heavy (non-hydrogen) atoms. The van der Waals surface area contributed by atoms with Crippen LogP contribution < -0.4 is 14.2 Å². The molecule has 0 saturated carbocycles. The van der Waals surface area contributed by atoms with Crippen LogP contribution in [0.2, 0.25) is 0 Å². The van der Waals surface area contributed by atoms with E-state index in [1.807, 2.05) is 54.3 Å². The van der Waals surface area contributed by atoms with Crippen LogP contribution in [0, 0.1) is 0 Å². The Morgan fingerprint density at radius 2 is 1.81 bits per heavy atom. The fourth-order valence-electron chi connectivity index (χ4n) is 3.18. The number of rotatable bonds is 7. The maximum atomic E-state index is 12.8. The van der Waals surface area contributed by atoms with Gasteiger partial charge in [0.1, 0.15) is 22.6 Å². The van der Waals surface area contributed by atoms with E-state index in [9.17, 15) is 4.79 Å². The van der Waals surface area contributed by atoms with Gasteiger partial charge in [0.15, 0.2) is 0 Å². The monoisotopic (exact) mass is 387 g/mol. The summed E-state index contributed by atoms with van der Waals surface area (Å²) in [5.74, 6) is 3.22. The van der Waals surface area contributed by atoms with E-state index in [0.717, 1.165) is 22.6 Å². The molecule has 0 bridgehead atoms. The summed E-state index contributed by atoms with van der Waals surface area (Å²) >= 11 is 1.77. The summed E-state index contributed by atoms with van der Waals surface area (Å²) in [6, 6.07) is 13.7. The lowest BCUT2D eigenvalue weighted by Gasteiger charge is -2.36. The van der Waals surface area contributed by atoms with E-state index in [1.54, 1.807) is 26.0 Å². The number of hydrogen-bond donors (Lipinski definition) is 0. The van der Waals surface area contributed by atoms with Crippen molar-refractivity contribution in [2.24, 2.45) is 0 Å². The molecule has 5 nitrogen and oxygen atoms in total. The van der Waals surface area contributed by atoms with Crippen LogP contribution in [-0.4, -0.2) is 37.4 Å². The molecular formula is C21H25NO4S. The highest BCUT2D eigenvalue weighted by molar-refractivity contribution is 7.99. The van der Waals surface area contributed by atoms with Gasteiger partial charge in [0, 0.05) is 30.3 Å². The van der Waals surface area contributed by atoms with E-state index in [0.29, 0.717) is 31.1 Å². The molecule has 1 aliphatic heterocycles. The number of benzene rings is 2. The van der Waals surface area contributed by atoms with Crippen LogP contribution >= 0.6 is 11.8 Å². The highest BCUT2D eigenvalue weighted by Crippen LogP contribution is 2.42. The third kappa shape index (κ3) is 4.50. The SMILES string of the molecule is CCOc1ccccc1C1SCCC(=O)N1Cc1cc(OC)cc(OC)c1. The Hall–Kier alpha value is -2.34. The van der Waals surface area contributed by atoms with Crippen LogP contribution in [0.4, 0.5) is 0 Å². The smallest absolute Gasteiger partial charge is 0.224 e. The molecule has 0 radical (unpaired) electrons. The topological polar surface area (TPSA) is 48.0 Å². The van der Waals surface area contributed by atoms with Crippen LogP contribution in [0.25, 0.3) is 0 Å². The Kier molecular flexibility index (Phi) is 6.50. The van der Waals surface area contributed by atoms with Crippen LogP contribution in [0.15, 0.2) is 42.5 Å². The van der Waals surface area contributed by atoms with E-state index >= 15 is 0 Å². The molecular weight excluding hydrogens is 362 g/mol. The second-order valence-corrected chi connectivity index (χ2v) is 7.37. The number of carbonyl (C=O) groups is 1. The predicted octanol–water partition coefficient (Wildman–Crippen LogP) is 4.27. The third-order valence-electron chi connectivity index (χ3n) is 4.44. The van der Waals surface area contributed by atoms with E-state index in [2.05, 4.69) is 0 Å². The summed E-state index contributed by atoms with van der Waals surface area (Å²) in [5, 5.41) is -0.0776. The van der Waals surface area contributed by atoms with Gasteiger partial charge >= 0.3 is 0 Å². The van der Waals surface area contributed by atoms with Gasteiger partial charge < -0.3 is 19.1 Å². The lowest BCUT2D eigenvalue weighted by atomic mass is 10.1. The standard InChI is InChI=1S/C21H25NO4S/c1-4-26-19-8-6-5-7-18(19)21-22(20(23)9-10-27-21)14-15-11-16(24-2)13-17(12-15)25-3/h5-8,11-13,21H,4,9-10,14H2,1-3H3. The van der Waals surface area contributed by atoms with E-state index in [-0.39, 0.29) is 11.3 Å². The maximum absolute atomic E-state index is 12.8. The fourth-order valence-corrected chi connectivity index (χ4v) is 4.44. The first-order valence-corrected chi connectivity index (χ1v) is 10.1. The maximum Gasteiger partial charge on any atom is 0.224 e. The zero-order valence-electron chi connectivity index (χ0n) is 15.9. The summed E-state index contributed by atoms with van der Waals surface area (Å²) in [7, 11) is 3.25. The first-order valence-electron chi connectivity index (χ1n) is 9.01. The number of carbonyl (C=O) groups excluding carboxylic acids is 1. The fraction of sp³-hybridized carbons (Fsp3) is 0.381. The highest BCUT2D eigenvalue weighted by atomic mass is 32.2. The molecule has 0 aliphatic carbocycles. The zero-order chi connectivity index (χ0) is 19.2. The number of ether oxygens (including phenoxy) is 3. The van der Waals surface area contributed by atoms with Crippen LogP contribution in [-0.2, 0) is 11.3 Å². The molecule has 0 spiro atoms. The summed E-state index contributed by atoms with van der Waals surface area (Å²) < 4.78 is 16.5. The second kappa shape index (κ2) is 9.04. The average molecular weight is 388 g/mol. The van der Waals surface area contributed by atoms with Crippen molar-refractivity contribution >= 4 is 17.7 Å². The minimum absolute atomic E-state index is 0.0776. The van der Waals surface area contributed by atoms with Gasteiger partial charge in [-0.2, -0.15) is 0 Å². The number of nitrogens with zero attached hydrogens (tertiary/aromatic N) is 1. The Morgan fingerprint density at radius 1 is 1.11 bits per heavy atom. The summed E-state index contributed by atoms with van der Waals surface area (Å²) in [5.41, 5.74) is 2.01. The summed E-state index contributed by atoms with van der Waals surface area (Å²) in [6.07, 6.45) is 0.541. The Labute approximate surface area is 164 Å². The first kappa shape index (κ1) is 19.4. The van der Waals surface area contributed by atoms with Crippen molar-refractivity contribution in [3.8, 4) is 17.2 Å². The molecule has 6 heteroatoms. The summed E-state index contributed by atoms with van der Waals surface area (Å²) in [4.78, 5) is 14.7. The lowest BCUT2D eigenvalue weighted by Crippen LogP contribution is -2.36. The quantitative estimate of drug-likeness (QED) is 0.710. The predicted molar refractivity (Wildman–Crippen MR) is 108 cm³/mol. The van der Waals surface area contributed by atoms with E-state index in [1.165, 1.54) is 0 Å². The van der Waals surface area contributed by atoms with Gasteiger partial charge in [-0.1, -0.05) is 18.2 Å². The van der Waals surface area contributed by atoms with Gasteiger partial charge in [0.2, 0.25) is 5.91 Å². The minimum atomic E-state index is -0.0776. The molecule has 2 aromatic carbocycles. The first-order chi connectivity index (χ1) is 13.2. The van der Waals surface area contributed by atoms with E-state index < -0.39 is 0 Å². The van der Waals surface area contributed by atoms with Crippen molar-refractivity contribution in [3.63, 3.8) is 0 Å². The van der Waals surface area contributed by atoms with Crippen molar-refractivity contribution in [2.75, 3.05) is 26.6 Å². The van der Waals surface area contributed by atoms with Crippen LogP contribution in [0.5, 0.6) is 17.2 Å². The van der Waals surface area contributed by atoms with Gasteiger partial charge in [-0.25, -0.2) is 0 Å². The number of amides is 1. The molecule has 144 valence electrons. The Balaban J connectivity index is 1.93. The number of methoxy groups -OCH3 is 2. The molecule has 1 atom stereocenters. The number of hydrogen-bond acceptors (Lipinski definition) is 5. The van der Waals surface area contributed by atoms with Gasteiger partial charge in [0.25, 0.3) is 0 Å². The van der Waals surface area contributed by atoms with Gasteiger partial charge in [-0.05, 0) is 30.7 Å². The van der Waals surface area contributed by atoms with E-state index in [4.69, 9.17) is 14.2 Å². The molecule has 0 N–H and O–H groups in total. The van der Waals surface area contributed by atoms with Gasteiger partial charge in [-0.15, -0.1) is 11.8 Å². The largest absolute Gasteiger partial charge is 0.497 e. The molecule has 1 amide bonds. The second-order valence-electron chi connectivity index (χ2n) is 6.19. The molecule has 1 saturated heterocycles. The third-order valence-corrected chi connectivity index (χ3v) is 5.71. The zero-order valence-corrected chi connectivity index (χ0v) is 16.8.